The molecule has 0 spiro atoms. The first-order valence-electron chi connectivity index (χ1n) is 9.63. The predicted molar refractivity (Wildman–Crippen MR) is 109 cm³/mol. The molecule has 1 aromatic heterocycles. The summed E-state index contributed by atoms with van der Waals surface area (Å²) in [6.07, 6.45) is 9.16. The lowest BCUT2D eigenvalue weighted by molar-refractivity contribution is -0.146. The molecule has 3 N–H and O–H groups in total. The number of carbonyl (C=O) groups excluding carboxylic acids is 1. The van der Waals surface area contributed by atoms with Crippen molar-refractivity contribution in [3.05, 3.63) is 45.3 Å². The fourth-order valence-corrected chi connectivity index (χ4v) is 5.69. The number of thiophene rings is 1. The van der Waals surface area contributed by atoms with Crippen LogP contribution in [0.5, 0.6) is 0 Å². The van der Waals surface area contributed by atoms with Crippen LogP contribution >= 0.6 is 11.3 Å². The lowest BCUT2D eigenvalue weighted by atomic mass is 9.78. The summed E-state index contributed by atoms with van der Waals surface area (Å²) in [5.41, 5.74) is 7.93. The molecule has 4 nitrogen and oxygen atoms in total. The van der Waals surface area contributed by atoms with Crippen LogP contribution in [0.3, 0.4) is 0 Å². The van der Waals surface area contributed by atoms with Crippen LogP contribution in [-0.4, -0.2) is 24.0 Å². The summed E-state index contributed by atoms with van der Waals surface area (Å²) < 4.78 is 0. The second-order valence-corrected chi connectivity index (χ2v) is 8.82. The van der Waals surface area contributed by atoms with Crippen molar-refractivity contribution in [2.45, 2.75) is 64.6 Å². The van der Waals surface area contributed by atoms with Crippen LogP contribution in [0.4, 0.5) is 0 Å². The Morgan fingerprint density at radius 3 is 2.77 bits per heavy atom. The second-order valence-electron chi connectivity index (χ2n) is 7.69. The predicted octanol–water partition coefficient (Wildman–Crippen LogP) is 3.85. The highest BCUT2D eigenvalue weighted by atomic mass is 32.1. The van der Waals surface area contributed by atoms with Gasteiger partial charge in [-0.1, -0.05) is 26.0 Å². The number of carbonyl (C=O) groups is 1. The Labute approximate surface area is 161 Å². The van der Waals surface area contributed by atoms with Gasteiger partial charge in [-0.3, -0.25) is 10.1 Å². The molecule has 3 rings (SSSR count). The highest BCUT2D eigenvalue weighted by Crippen LogP contribution is 2.44. The zero-order valence-corrected chi connectivity index (χ0v) is 17.3. The van der Waals surface area contributed by atoms with Gasteiger partial charge in [-0.05, 0) is 50.8 Å². The maximum Gasteiger partial charge on any atom is 0.228 e. The number of nitrogens with one attached hydrogen (secondary N) is 1. The van der Waals surface area contributed by atoms with E-state index in [0.717, 1.165) is 25.0 Å². The largest absolute Gasteiger partial charge is 0.399 e. The highest BCUT2D eigenvalue weighted by molar-refractivity contribution is 7.12. The van der Waals surface area contributed by atoms with Crippen LogP contribution < -0.4 is 11.1 Å². The van der Waals surface area contributed by atoms with Crippen molar-refractivity contribution in [2.24, 2.45) is 11.7 Å². The van der Waals surface area contributed by atoms with E-state index in [1.807, 2.05) is 29.4 Å². The summed E-state index contributed by atoms with van der Waals surface area (Å²) in [6.45, 7) is 8.58. The van der Waals surface area contributed by atoms with E-state index >= 15 is 0 Å². The third-order valence-electron chi connectivity index (χ3n) is 6.01. The number of nitrogens with two attached hydrogens (primary N) is 1. The van der Waals surface area contributed by atoms with Crippen molar-refractivity contribution in [3.8, 4) is 0 Å². The molecule has 0 radical (unpaired) electrons. The quantitative estimate of drug-likeness (QED) is 0.843. The first-order chi connectivity index (χ1) is 12.3. The van der Waals surface area contributed by atoms with Crippen molar-refractivity contribution in [1.29, 1.82) is 0 Å². The molecule has 1 fully saturated rings. The van der Waals surface area contributed by atoms with Crippen molar-refractivity contribution in [1.82, 2.24) is 10.2 Å². The van der Waals surface area contributed by atoms with Crippen molar-refractivity contribution in [3.63, 3.8) is 0 Å². The Kier molecular flexibility index (Phi) is 5.31. The van der Waals surface area contributed by atoms with Crippen LogP contribution in [0.15, 0.2) is 30.0 Å². The van der Waals surface area contributed by atoms with Crippen LogP contribution in [0, 0.1) is 5.92 Å². The fraction of sp³-hybridized carbons (Fsp3) is 0.571. The van der Waals surface area contributed by atoms with Crippen molar-refractivity contribution >= 4 is 17.2 Å². The van der Waals surface area contributed by atoms with E-state index in [0.29, 0.717) is 5.92 Å². The molecular formula is C21H31N3OS. The molecule has 0 saturated carbocycles. The average Bonchev–Trinajstić information content (AvgIpc) is 3.05. The minimum Gasteiger partial charge on any atom is -0.399 e. The van der Waals surface area contributed by atoms with Gasteiger partial charge >= 0.3 is 0 Å². The molecule has 0 aromatic carbocycles. The Morgan fingerprint density at radius 1 is 1.42 bits per heavy atom. The Hall–Kier alpha value is -1.59. The third kappa shape index (κ3) is 3.12. The molecule has 2 heterocycles. The van der Waals surface area contributed by atoms with E-state index in [9.17, 15) is 4.79 Å². The summed E-state index contributed by atoms with van der Waals surface area (Å²) in [7, 11) is 1.89. The lowest BCUT2D eigenvalue weighted by Crippen LogP contribution is -2.64. The number of aryl methyl sites for hydroxylation is 1. The van der Waals surface area contributed by atoms with Crippen LogP contribution in [0.1, 0.15) is 61.8 Å². The van der Waals surface area contributed by atoms with Gasteiger partial charge in [-0.25, -0.2) is 0 Å². The van der Waals surface area contributed by atoms with E-state index in [1.54, 1.807) is 0 Å². The minimum absolute atomic E-state index is 0.0269. The molecule has 1 amide bonds. The molecule has 142 valence electrons. The van der Waals surface area contributed by atoms with Crippen LogP contribution in [0.25, 0.3) is 0 Å². The molecule has 0 bridgehead atoms. The van der Waals surface area contributed by atoms with E-state index in [1.165, 1.54) is 15.3 Å². The van der Waals surface area contributed by atoms with E-state index in [2.05, 4.69) is 51.2 Å². The molecule has 3 unspecified atom stereocenters. The molecule has 1 aliphatic heterocycles. The Balaban J connectivity index is 2.03. The topological polar surface area (TPSA) is 58.4 Å². The van der Waals surface area contributed by atoms with Gasteiger partial charge in [0.05, 0.1) is 17.6 Å². The number of rotatable bonds is 4. The summed E-state index contributed by atoms with van der Waals surface area (Å²) in [5.74, 6) is 0.522. The third-order valence-corrected chi connectivity index (χ3v) is 7.54. The van der Waals surface area contributed by atoms with Gasteiger partial charge < -0.3 is 10.6 Å². The monoisotopic (exact) mass is 373 g/mol. The zero-order chi connectivity index (χ0) is 19.1. The molecule has 1 aliphatic carbocycles. The molecule has 5 heteroatoms. The molecule has 4 atom stereocenters. The zero-order valence-electron chi connectivity index (χ0n) is 16.5. The summed E-state index contributed by atoms with van der Waals surface area (Å²) in [5, 5.41) is 3.73. The Morgan fingerprint density at radius 2 is 2.15 bits per heavy atom. The standard InChI is InChI=1S/C21H31N3OS/c1-6-17-20(25)24(5)13(3)23-21(17,4)19-12-16(18(7-2)26-19)14-9-8-10-15(22)11-14/h8,10-14,17,23H,6-7,9,22H2,1-5H3/t13?,14?,17?,21-/m0/s1. The van der Waals surface area contributed by atoms with Gasteiger partial charge in [0, 0.05) is 28.4 Å². The number of amides is 1. The molecule has 1 aromatic rings. The highest BCUT2D eigenvalue weighted by Gasteiger charge is 2.47. The van der Waals surface area contributed by atoms with E-state index in [-0.39, 0.29) is 23.5 Å². The lowest BCUT2D eigenvalue weighted by Gasteiger charge is -2.48. The van der Waals surface area contributed by atoms with E-state index in [4.69, 9.17) is 5.73 Å². The van der Waals surface area contributed by atoms with Crippen LogP contribution in [-0.2, 0) is 16.8 Å². The minimum atomic E-state index is -0.329. The van der Waals surface area contributed by atoms with Gasteiger partial charge in [-0.2, -0.15) is 0 Å². The molecule has 2 aliphatic rings. The number of allylic oxidation sites excluding steroid dienone is 3. The molecule has 26 heavy (non-hydrogen) atoms. The average molecular weight is 374 g/mol. The number of hydrogen-bond donors (Lipinski definition) is 2. The number of nitrogens with zero attached hydrogens (tertiary/aromatic N) is 1. The summed E-state index contributed by atoms with van der Waals surface area (Å²) in [6, 6.07) is 2.33. The van der Waals surface area contributed by atoms with Gasteiger partial charge in [0.25, 0.3) is 0 Å². The van der Waals surface area contributed by atoms with Gasteiger partial charge in [0.15, 0.2) is 0 Å². The van der Waals surface area contributed by atoms with Crippen LogP contribution in [0.2, 0.25) is 0 Å². The molecular weight excluding hydrogens is 342 g/mol. The fourth-order valence-electron chi connectivity index (χ4n) is 4.35. The first-order valence-corrected chi connectivity index (χ1v) is 10.4. The summed E-state index contributed by atoms with van der Waals surface area (Å²) in [4.78, 5) is 17.4. The van der Waals surface area contributed by atoms with E-state index < -0.39 is 0 Å². The van der Waals surface area contributed by atoms with Gasteiger partial charge in [0.2, 0.25) is 5.91 Å². The van der Waals surface area contributed by atoms with Gasteiger partial charge in [0.1, 0.15) is 0 Å². The van der Waals surface area contributed by atoms with Gasteiger partial charge in [-0.15, -0.1) is 11.3 Å². The maximum absolute atomic E-state index is 12.9. The maximum atomic E-state index is 12.9. The first kappa shape index (κ1) is 19.2. The van der Waals surface area contributed by atoms with Crippen molar-refractivity contribution in [2.75, 3.05) is 7.05 Å². The summed E-state index contributed by atoms with van der Waals surface area (Å²) >= 11 is 1.86. The number of hydrogen-bond acceptors (Lipinski definition) is 4. The normalized spacial score (nSPS) is 32.0. The smallest absolute Gasteiger partial charge is 0.228 e. The Bertz CT molecular complexity index is 750. The SMILES string of the molecule is CCc1sc([C@@]2(C)NC(C)N(C)C(=O)C2CC)cc1C1C=C(N)C=CC1. The van der Waals surface area contributed by atoms with Crippen molar-refractivity contribution < 1.29 is 4.79 Å². The molecule has 1 saturated heterocycles. The second kappa shape index (κ2) is 7.20.